The highest BCUT2D eigenvalue weighted by Crippen LogP contribution is 2.22. The second-order valence-corrected chi connectivity index (χ2v) is 5.37. The summed E-state index contributed by atoms with van der Waals surface area (Å²) in [5.41, 5.74) is 6.16. The standard InChI is InChI=1S/C9H14N2O2S/c1-11-14(3,12)9-5-7(10)4-8(6-9)13-2/h4-6H,10H2,1-3H3. The average molecular weight is 214 g/mol. The predicted molar refractivity (Wildman–Crippen MR) is 58.1 cm³/mol. The number of methoxy groups -OCH3 is 1. The van der Waals surface area contributed by atoms with E-state index >= 15 is 0 Å². The second-order valence-electron chi connectivity index (χ2n) is 2.93. The highest BCUT2D eigenvalue weighted by atomic mass is 32.2. The number of hydrogen-bond acceptors (Lipinski definition) is 4. The van der Waals surface area contributed by atoms with Crippen molar-refractivity contribution in [1.82, 2.24) is 0 Å². The Morgan fingerprint density at radius 2 is 2.07 bits per heavy atom. The number of nitrogens with zero attached hydrogens (tertiary/aromatic N) is 1. The minimum Gasteiger partial charge on any atom is -0.497 e. The first-order valence-corrected chi connectivity index (χ1v) is 5.97. The molecule has 0 spiro atoms. The van der Waals surface area contributed by atoms with Crippen LogP contribution in [0.1, 0.15) is 0 Å². The summed E-state index contributed by atoms with van der Waals surface area (Å²) in [6.45, 7) is 0. The lowest BCUT2D eigenvalue weighted by molar-refractivity contribution is 0.414. The minimum atomic E-state index is -2.34. The second kappa shape index (κ2) is 3.88. The van der Waals surface area contributed by atoms with E-state index in [1.165, 1.54) is 7.05 Å². The van der Waals surface area contributed by atoms with Crippen LogP contribution in [0.2, 0.25) is 0 Å². The molecule has 14 heavy (non-hydrogen) atoms. The molecule has 4 nitrogen and oxygen atoms in total. The molecule has 0 saturated carbocycles. The lowest BCUT2D eigenvalue weighted by Crippen LogP contribution is -1.99. The normalized spacial score (nSPS) is 14.5. The van der Waals surface area contributed by atoms with Crippen LogP contribution < -0.4 is 10.5 Å². The molecule has 0 aliphatic carbocycles. The SMILES string of the molecule is CN=S(C)(=O)c1cc(N)cc(OC)c1. The Morgan fingerprint density at radius 3 is 2.57 bits per heavy atom. The minimum absolute atomic E-state index is 0.526. The first-order valence-electron chi connectivity index (χ1n) is 4.04. The van der Waals surface area contributed by atoms with Crippen molar-refractivity contribution in [3.63, 3.8) is 0 Å². The van der Waals surface area contributed by atoms with Gasteiger partial charge >= 0.3 is 0 Å². The van der Waals surface area contributed by atoms with E-state index < -0.39 is 9.73 Å². The van der Waals surface area contributed by atoms with Gasteiger partial charge < -0.3 is 10.5 Å². The van der Waals surface area contributed by atoms with Gasteiger partial charge in [0.15, 0.2) is 0 Å². The summed E-state index contributed by atoms with van der Waals surface area (Å²) in [5, 5.41) is 0. The third-order valence-corrected chi connectivity index (χ3v) is 3.73. The van der Waals surface area contributed by atoms with Gasteiger partial charge in [-0.1, -0.05) is 0 Å². The van der Waals surface area contributed by atoms with Crippen molar-refractivity contribution in [3.05, 3.63) is 18.2 Å². The van der Waals surface area contributed by atoms with Crippen molar-refractivity contribution in [3.8, 4) is 5.75 Å². The zero-order valence-electron chi connectivity index (χ0n) is 8.48. The van der Waals surface area contributed by atoms with Gasteiger partial charge in [0.05, 0.1) is 21.7 Å². The van der Waals surface area contributed by atoms with Crippen molar-refractivity contribution in [2.24, 2.45) is 4.36 Å². The van der Waals surface area contributed by atoms with Crippen LogP contribution in [0.25, 0.3) is 0 Å². The zero-order chi connectivity index (χ0) is 10.8. The Hall–Kier alpha value is -1.23. The lowest BCUT2D eigenvalue weighted by atomic mass is 10.3. The van der Waals surface area contributed by atoms with Gasteiger partial charge in [-0.25, -0.2) is 8.57 Å². The highest BCUT2D eigenvalue weighted by molar-refractivity contribution is 7.93. The Bertz CT molecular complexity index is 448. The first-order chi connectivity index (χ1) is 6.49. The highest BCUT2D eigenvalue weighted by Gasteiger charge is 2.07. The molecule has 0 aliphatic rings. The molecule has 1 aromatic carbocycles. The number of anilines is 1. The topological polar surface area (TPSA) is 64.7 Å². The fourth-order valence-corrected chi connectivity index (χ4v) is 1.94. The Balaban J connectivity index is 3.37. The number of ether oxygens (including phenoxy) is 1. The van der Waals surface area contributed by atoms with Crippen LogP contribution in [-0.2, 0) is 9.73 Å². The van der Waals surface area contributed by atoms with Gasteiger partial charge in [-0.3, -0.25) is 0 Å². The number of hydrogen-bond donors (Lipinski definition) is 1. The fourth-order valence-electron chi connectivity index (χ4n) is 1.04. The van der Waals surface area contributed by atoms with E-state index in [0.717, 1.165) is 0 Å². The molecule has 0 saturated heterocycles. The molecule has 1 atom stereocenters. The Kier molecular flexibility index (Phi) is 3.00. The van der Waals surface area contributed by atoms with Crippen LogP contribution in [0.3, 0.4) is 0 Å². The molecular formula is C9H14N2O2S. The molecule has 1 rings (SSSR count). The van der Waals surface area contributed by atoms with Gasteiger partial charge in [-0.15, -0.1) is 0 Å². The summed E-state index contributed by atoms with van der Waals surface area (Å²) in [6, 6.07) is 5.01. The maximum absolute atomic E-state index is 11.9. The van der Waals surface area contributed by atoms with Gasteiger partial charge in [0, 0.05) is 25.1 Å². The van der Waals surface area contributed by atoms with E-state index in [1.807, 2.05) is 0 Å². The van der Waals surface area contributed by atoms with Gasteiger partial charge in [-0.05, 0) is 12.1 Å². The first kappa shape index (κ1) is 10.8. The maximum atomic E-state index is 11.9. The molecule has 2 N–H and O–H groups in total. The number of nitrogen functional groups attached to an aromatic ring is 1. The maximum Gasteiger partial charge on any atom is 0.122 e. The largest absolute Gasteiger partial charge is 0.497 e. The Morgan fingerprint density at radius 1 is 1.43 bits per heavy atom. The molecule has 5 heteroatoms. The summed E-state index contributed by atoms with van der Waals surface area (Å²) in [7, 11) is 0.728. The quantitative estimate of drug-likeness (QED) is 0.756. The molecule has 0 radical (unpaired) electrons. The summed E-state index contributed by atoms with van der Waals surface area (Å²) in [5.74, 6) is 0.596. The molecule has 0 aromatic heterocycles. The molecule has 0 heterocycles. The molecule has 78 valence electrons. The van der Waals surface area contributed by atoms with E-state index in [1.54, 1.807) is 31.6 Å². The smallest absolute Gasteiger partial charge is 0.122 e. The van der Waals surface area contributed by atoms with Crippen molar-refractivity contribution in [1.29, 1.82) is 0 Å². The van der Waals surface area contributed by atoms with Crippen LogP contribution in [-0.4, -0.2) is 24.6 Å². The lowest BCUT2D eigenvalue weighted by Gasteiger charge is -2.07. The van der Waals surface area contributed by atoms with E-state index in [-0.39, 0.29) is 0 Å². The number of benzene rings is 1. The molecule has 0 bridgehead atoms. The van der Waals surface area contributed by atoms with Crippen LogP contribution in [0, 0.1) is 0 Å². The summed E-state index contributed by atoms with van der Waals surface area (Å²) in [6.07, 6.45) is 1.57. The Labute approximate surface area is 84.3 Å². The van der Waals surface area contributed by atoms with Crippen molar-refractivity contribution in [2.75, 3.05) is 26.1 Å². The molecule has 0 amide bonds. The van der Waals surface area contributed by atoms with Crippen molar-refractivity contribution in [2.45, 2.75) is 4.90 Å². The van der Waals surface area contributed by atoms with Crippen LogP contribution in [0.5, 0.6) is 5.75 Å². The van der Waals surface area contributed by atoms with Crippen molar-refractivity contribution >= 4 is 15.4 Å². The third kappa shape index (κ3) is 2.17. The summed E-state index contributed by atoms with van der Waals surface area (Å²) in [4.78, 5) is 0.594. The molecular weight excluding hydrogens is 200 g/mol. The monoisotopic (exact) mass is 214 g/mol. The van der Waals surface area contributed by atoms with Gasteiger partial charge in [0.1, 0.15) is 5.75 Å². The molecule has 1 aromatic rings. The van der Waals surface area contributed by atoms with Gasteiger partial charge in [-0.2, -0.15) is 0 Å². The van der Waals surface area contributed by atoms with E-state index in [0.29, 0.717) is 16.3 Å². The predicted octanol–water partition coefficient (Wildman–Crippen LogP) is 1.36. The third-order valence-electron chi connectivity index (χ3n) is 1.92. The van der Waals surface area contributed by atoms with Crippen LogP contribution in [0.15, 0.2) is 27.5 Å². The fraction of sp³-hybridized carbons (Fsp3) is 0.333. The van der Waals surface area contributed by atoms with E-state index in [2.05, 4.69) is 4.36 Å². The molecule has 0 aliphatic heterocycles. The van der Waals surface area contributed by atoms with Gasteiger partial charge in [0.25, 0.3) is 0 Å². The number of nitrogens with two attached hydrogens (primary N) is 1. The van der Waals surface area contributed by atoms with E-state index in [4.69, 9.17) is 10.5 Å². The average Bonchev–Trinajstić information content (AvgIpc) is 2.16. The number of rotatable bonds is 2. The van der Waals surface area contributed by atoms with Gasteiger partial charge in [0.2, 0.25) is 0 Å². The summed E-state index contributed by atoms with van der Waals surface area (Å²) >= 11 is 0. The molecule has 0 fully saturated rings. The van der Waals surface area contributed by atoms with Crippen LogP contribution >= 0.6 is 0 Å². The molecule has 1 unspecified atom stereocenters. The van der Waals surface area contributed by atoms with E-state index in [9.17, 15) is 4.21 Å². The zero-order valence-corrected chi connectivity index (χ0v) is 9.30. The van der Waals surface area contributed by atoms with Crippen molar-refractivity contribution < 1.29 is 8.95 Å². The van der Waals surface area contributed by atoms with Crippen LogP contribution in [0.4, 0.5) is 5.69 Å². The summed E-state index contributed by atoms with van der Waals surface area (Å²) < 4.78 is 20.8.